The minimum Gasteiger partial charge on any atom is -0.237 e. The van der Waals surface area contributed by atoms with E-state index in [4.69, 9.17) is 11.6 Å². The monoisotopic (exact) mass is 260 g/mol. The predicted molar refractivity (Wildman–Crippen MR) is 55.9 cm³/mol. The second-order valence-corrected chi connectivity index (χ2v) is 4.63. The number of hydrogen-bond donors (Lipinski definition) is 0. The fourth-order valence-corrected chi connectivity index (χ4v) is 1.66. The van der Waals surface area contributed by atoms with Gasteiger partial charge in [0, 0.05) is 6.42 Å². The number of rotatable bonds is 2. The molecule has 1 aromatic rings. The highest BCUT2D eigenvalue weighted by atomic mass is 79.9. The average Bonchev–Trinajstić information content (AvgIpc) is 2.84. The zero-order chi connectivity index (χ0) is 9.42. The lowest BCUT2D eigenvalue weighted by Gasteiger charge is -2.03. The summed E-state index contributed by atoms with van der Waals surface area (Å²) in [5.41, 5.74) is 0.927. The van der Waals surface area contributed by atoms with Gasteiger partial charge in [0.05, 0.1) is 10.2 Å². The van der Waals surface area contributed by atoms with E-state index in [1.807, 2.05) is 6.92 Å². The molecule has 1 saturated carbocycles. The quantitative estimate of drug-likeness (QED) is 0.764. The molecule has 0 atom stereocenters. The Balaban J connectivity index is 2.25. The molecule has 1 aliphatic rings. The van der Waals surface area contributed by atoms with Crippen molar-refractivity contribution >= 4 is 27.5 Å². The molecule has 1 aliphatic carbocycles. The Hall–Kier alpha value is -0.150. The van der Waals surface area contributed by atoms with Crippen molar-refractivity contribution < 1.29 is 0 Å². The molecule has 0 bridgehead atoms. The Labute approximate surface area is 90.9 Å². The van der Waals surface area contributed by atoms with E-state index in [0.29, 0.717) is 5.15 Å². The van der Waals surface area contributed by atoms with Gasteiger partial charge in [-0.25, -0.2) is 9.97 Å². The third-order valence-corrected chi connectivity index (χ3v) is 3.64. The molecule has 0 aliphatic heterocycles. The van der Waals surface area contributed by atoms with Crippen molar-refractivity contribution in [3.63, 3.8) is 0 Å². The van der Waals surface area contributed by atoms with Gasteiger partial charge in [0.15, 0.2) is 0 Å². The first-order valence-electron chi connectivity index (χ1n) is 4.35. The Morgan fingerprint density at radius 1 is 1.46 bits per heavy atom. The van der Waals surface area contributed by atoms with Crippen LogP contribution in [0.3, 0.4) is 0 Å². The fraction of sp³-hybridized carbons (Fsp3) is 0.556. The maximum Gasteiger partial charge on any atom is 0.147 e. The van der Waals surface area contributed by atoms with Crippen molar-refractivity contribution in [3.05, 3.63) is 21.1 Å². The summed E-state index contributed by atoms with van der Waals surface area (Å²) in [6, 6.07) is 0. The van der Waals surface area contributed by atoms with Crippen LogP contribution in [0.2, 0.25) is 5.15 Å². The Bertz CT molecular complexity index is 313. The van der Waals surface area contributed by atoms with Gasteiger partial charge in [0.2, 0.25) is 0 Å². The number of hydrogen-bond acceptors (Lipinski definition) is 2. The molecule has 13 heavy (non-hydrogen) atoms. The summed E-state index contributed by atoms with van der Waals surface area (Å²) in [5, 5.41) is 0.531. The maximum absolute atomic E-state index is 5.92. The molecular formula is C9H10BrClN2. The van der Waals surface area contributed by atoms with Gasteiger partial charge in [-0.2, -0.15) is 0 Å². The summed E-state index contributed by atoms with van der Waals surface area (Å²) >= 11 is 9.26. The minimum atomic E-state index is 0.531. The van der Waals surface area contributed by atoms with Crippen LogP contribution in [-0.2, 0) is 6.42 Å². The fourth-order valence-electron chi connectivity index (χ4n) is 1.25. The zero-order valence-electron chi connectivity index (χ0n) is 7.35. The lowest BCUT2D eigenvalue weighted by Crippen LogP contribution is -1.99. The lowest BCUT2D eigenvalue weighted by atomic mass is 10.3. The number of aryl methyl sites for hydroxylation is 1. The molecule has 0 N–H and O–H groups in total. The molecule has 1 heterocycles. The molecule has 2 rings (SSSR count). The summed E-state index contributed by atoms with van der Waals surface area (Å²) in [5.74, 6) is 1.69. The topological polar surface area (TPSA) is 25.8 Å². The predicted octanol–water partition coefficient (Wildman–Crippen LogP) is 3.15. The first kappa shape index (κ1) is 9.41. The van der Waals surface area contributed by atoms with Crippen molar-refractivity contribution in [1.29, 1.82) is 0 Å². The molecule has 0 saturated heterocycles. The molecule has 1 fully saturated rings. The van der Waals surface area contributed by atoms with Gasteiger partial charge in [-0.05, 0) is 41.6 Å². The van der Waals surface area contributed by atoms with Gasteiger partial charge in [-0.15, -0.1) is 0 Å². The van der Waals surface area contributed by atoms with Crippen LogP contribution < -0.4 is 0 Å². The van der Waals surface area contributed by atoms with Crippen LogP contribution in [0, 0.1) is 12.8 Å². The first-order chi connectivity index (χ1) is 6.16. The van der Waals surface area contributed by atoms with E-state index >= 15 is 0 Å². The van der Waals surface area contributed by atoms with Gasteiger partial charge in [0.1, 0.15) is 11.0 Å². The van der Waals surface area contributed by atoms with Crippen LogP contribution in [0.5, 0.6) is 0 Å². The molecule has 70 valence electrons. The molecule has 0 aromatic carbocycles. The van der Waals surface area contributed by atoms with Crippen LogP contribution in [-0.4, -0.2) is 9.97 Å². The third kappa shape index (κ3) is 2.20. The zero-order valence-corrected chi connectivity index (χ0v) is 9.69. The second-order valence-electron chi connectivity index (χ2n) is 3.48. The van der Waals surface area contributed by atoms with Gasteiger partial charge in [0.25, 0.3) is 0 Å². The average molecular weight is 262 g/mol. The Kier molecular flexibility index (Phi) is 2.56. The molecule has 0 amide bonds. The van der Waals surface area contributed by atoms with Crippen LogP contribution in [0.15, 0.2) is 4.47 Å². The van der Waals surface area contributed by atoms with E-state index in [9.17, 15) is 0 Å². The van der Waals surface area contributed by atoms with Crippen molar-refractivity contribution in [2.24, 2.45) is 5.92 Å². The van der Waals surface area contributed by atoms with Crippen LogP contribution in [0.1, 0.15) is 24.4 Å². The Morgan fingerprint density at radius 3 is 2.69 bits per heavy atom. The first-order valence-corrected chi connectivity index (χ1v) is 5.52. The normalized spacial score (nSPS) is 16.2. The number of aromatic nitrogens is 2. The molecule has 0 spiro atoms. The minimum absolute atomic E-state index is 0.531. The molecular weight excluding hydrogens is 251 g/mol. The standard InChI is InChI=1S/C9H10BrClN2/c1-5-8(10)9(11)13-7(12-5)4-6-2-3-6/h6H,2-4H2,1H3. The van der Waals surface area contributed by atoms with Gasteiger partial charge < -0.3 is 0 Å². The smallest absolute Gasteiger partial charge is 0.147 e. The van der Waals surface area contributed by atoms with E-state index in [0.717, 1.165) is 28.3 Å². The van der Waals surface area contributed by atoms with Crippen molar-refractivity contribution in [2.45, 2.75) is 26.2 Å². The number of halogens is 2. The van der Waals surface area contributed by atoms with Crippen molar-refractivity contribution in [3.8, 4) is 0 Å². The summed E-state index contributed by atoms with van der Waals surface area (Å²) in [4.78, 5) is 8.59. The lowest BCUT2D eigenvalue weighted by molar-refractivity contribution is 0.762. The van der Waals surface area contributed by atoms with Crippen molar-refractivity contribution in [2.75, 3.05) is 0 Å². The number of nitrogens with zero attached hydrogens (tertiary/aromatic N) is 2. The summed E-state index contributed by atoms with van der Waals surface area (Å²) in [6.07, 6.45) is 3.61. The molecule has 0 radical (unpaired) electrons. The van der Waals surface area contributed by atoms with E-state index in [1.165, 1.54) is 12.8 Å². The highest BCUT2D eigenvalue weighted by Gasteiger charge is 2.23. The van der Waals surface area contributed by atoms with Gasteiger partial charge >= 0.3 is 0 Å². The molecule has 4 heteroatoms. The van der Waals surface area contributed by atoms with Crippen LogP contribution >= 0.6 is 27.5 Å². The summed E-state index contributed by atoms with van der Waals surface area (Å²) < 4.78 is 0.814. The highest BCUT2D eigenvalue weighted by Crippen LogP contribution is 2.32. The third-order valence-electron chi connectivity index (χ3n) is 2.19. The maximum atomic E-state index is 5.92. The summed E-state index contributed by atoms with van der Waals surface area (Å²) in [7, 11) is 0. The SMILES string of the molecule is Cc1nc(CC2CC2)nc(Cl)c1Br. The molecule has 1 aromatic heterocycles. The van der Waals surface area contributed by atoms with Gasteiger partial charge in [-0.1, -0.05) is 11.6 Å². The molecule has 2 nitrogen and oxygen atoms in total. The Morgan fingerprint density at radius 2 is 2.15 bits per heavy atom. The summed E-state index contributed by atoms with van der Waals surface area (Å²) in [6.45, 7) is 1.94. The van der Waals surface area contributed by atoms with E-state index in [2.05, 4.69) is 25.9 Å². The van der Waals surface area contributed by atoms with E-state index in [-0.39, 0.29) is 0 Å². The van der Waals surface area contributed by atoms with Crippen LogP contribution in [0.25, 0.3) is 0 Å². The van der Waals surface area contributed by atoms with Gasteiger partial charge in [-0.3, -0.25) is 0 Å². The largest absolute Gasteiger partial charge is 0.237 e. The second kappa shape index (κ2) is 3.54. The van der Waals surface area contributed by atoms with Crippen molar-refractivity contribution in [1.82, 2.24) is 9.97 Å². The highest BCUT2D eigenvalue weighted by molar-refractivity contribution is 9.10. The van der Waals surface area contributed by atoms with Crippen LogP contribution in [0.4, 0.5) is 0 Å². The molecule has 0 unspecified atom stereocenters. The van der Waals surface area contributed by atoms with E-state index in [1.54, 1.807) is 0 Å². The van der Waals surface area contributed by atoms with E-state index < -0.39 is 0 Å².